The summed E-state index contributed by atoms with van der Waals surface area (Å²) >= 11 is 0. The Bertz CT molecular complexity index is 248. The third kappa shape index (κ3) is 6.98. The molecule has 1 N–H and O–H groups in total. The van der Waals surface area contributed by atoms with E-state index in [1.165, 1.54) is 50.5 Å². The van der Waals surface area contributed by atoms with Crippen LogP contribution >= 0.6 is 8.81 Å². The Morgan fingerprint density at radius 2 is 1.44 bits per heavy atom. The molecule has 90 valence electrons. The monoisotopic (exact) mass is 238 g/mol. The molecule has 0 heterocycles. The van der Waals surface area contributed by atoms with E-state index in [0.717, 1.165) is 6.16 Å². The van der Waals surface area contributed by atoms with Crippen molar-refractivity contribution < 1.29 is 4.89 Å². The molecule has 1 nitrogen and oxygen atoms in total. The first-order chi connectivity index (χ1) is 7.93. The lowest BCUT2D eigenvalue weighted by molar-refractivity contribution is 0.600. The van der Waals surface area contributed by atoms with Crippen molar-refractivity contribution in [1.29, 1.82) is 0 Å². The number of hydrogen-bond acceptors (Lipinski definition) is 1. The number of benzene rings is 1. The summed E-state index contributed by atoms with van der Waals surface area (Å²) in [6.07, 6.45) is 10.1. The Balaban J connectivity index is 1.89. The molecule has 1 atom stereocenters. The summed E-state index contributed by atoms with van der Waals surface area (Å²) in [5.41, 5.74) is 1.46. The van der Waals surface area contributed by atoms with Crippen molar-refractivity contribution in [2.45, 2.75) is 44.9 Å². The molecule has 1 rings (SSSR count). The van der Waals surface area contributed by atoms with Crippen molar-refractivity contribution in [1.82, 2.24) is 0 Å². The summed E-state index contributed by atoms with van der Waals surface area (Å²) in [6, 6.07) is 10.7. The van der Waals surface area contributed by atoms with E-state index >= 15 is 0 Å². The van der Waals surface area contributed by atoms with Crippen molar-refractivity contribution in [2.75, 3.05) is 6.16 Å². The van der Waals surface area contributed by atoms with E-state index in [9.17, 15) is 0 Å². The van der Waals surface area contributed by atoms with Gasteiger partial charge in [-0.05, 0) is 31.0 Å². The van der Waals surface area contributed by atoms with Gasteiger partial charge in [0.1, 0.15) is 0 Å². The lowest BCUT2D eigenvalue weighted by Crippen LogP contribution is -1.86. The van der Waals surface area contributed by atoms with Gasteiger partial charge in [-0.3, -0.25) is 0 Å². The molecule has 0 fully saturated rings. The molecule has 0 aliphatic carbocycles. The molecule has 1 aromatic rings. The van der Waals surface area contributed by atoms with Gasteiger partial charge in [-0.2, -0.15) is 0 Å². The second-order valence-corrected chi connectivity index (χ2v) is 5.08. The van der Waals surface area contributed by atoms with Crippen LogP contribution in [0.15, 0.2) is 30.3 Å². The van der Waals surface area contributed by atoms with Gasteiger partial charge in [0.25, 0.3) is 0 Å². The van der Waals surface area contributed by atoms with Gasteiger partial charge in [0.2, 0.25) is 0 Å². The molecule has 0 aromatic heterocycles. The third-order valence-electron chi connectivity index (χ3n) is 2.85. The average molecular weight is 238 g/mol. The lowest BCUT2D eigenvalue weighted by atomic mass is 10.1. The van der Waals surface area contributed by atoms with Crippen LogP contribution in [0, 0.1) is 0 Å². The molecule has 0 aliphatic heterocycles. The summed E-state index contributed by atoms with van der Waals surface area (Å²) in [5, 5.41) is 0. The molecule has 0 radical (unpaired) electrons. The quantitative estimate of drug-likeness (QED) is 0.506. The summed E-state index contributed by atoms with van der Waals surface area (Å²) < 4.78 is 0. The van der Waals surface area contributed by atoms with E-state index in [2.05, 4.69) is 30.3 Å². The van der Waals surface area contributed by atoms with Gasteiger partial charge in [0.05, 0.1) is 0 Å². The highest BCUT2D eigenvalue weighted by atomic mass is 31.1. The van der Waals surface area contributed by atoms with Crippen molar-refractivity contribution >= 4 is 8.81 Å². The molecule has 1 unspecified atom stereocenters. The molecule has 0 spiro atoms. The van der Waals surface area contributed by atoms with Crippen LogP contribution in [-0.4, -0.2) is 11.1 Å². The van der Waals surface area contributed by atoms with Gasteiger partial charge in [-0.15, -0.1) is 0 Å². The Kier molecular flexibility index (Phi) is 8.38. The van der Waals surface area contributed by atoms with Crippen molar-refractivity contribution in [3.63, 3.8) is 0 Å². The zero-order valence-electron chi connectivity index (χ0n) is 9.99. The van der Waals surface area contributed by atoms with E-state index in [1.807, 2.05) is 0 Å². The zero-order valence-corrected chi connectivity index (χ0v) is 11.0. The van der Waals surface area contributed by atoms with E-state index in [1.54, 1.807) is 0 Å². The van der Waals surface area contributed by atoms with Crippen LogP contribution in [0.5, 0.6) is 0 Å². The molecule has 1 aromatic carbocycles. The fourth-order valence-corrected chi connectivity index (χ4v) is 2.29. The second kappa shape index (κ2) is 9.81. The number of unbranched alkanes of at least 4 members (excludes halogenated alkanes) is 5. The fourth-order valence-electron chi connectivity index (χ4n) is 1.88. The van der Waals surface area contributed by atoms with Gasteiger partial charge in [-0.1, -0.05) is 56.0 Å². The maximum absolute atomic E-state index is 8.66. The Labute approximate surface area is 101 Å². The van der Waals surface area contributed by atoms with Gasteiger partial charge < -0.3 is 4.89 Å². The van der Waals surface area contributed by atoms with Crippen LogP contribution in [0.1, 0.15) is 44.1 Å². The summed E-state index contributed by atoms with van der Waals surface area (Å²) in [5.74, 6) is 0. The van der Waals surface area contributed by atoms with Gasteiger partial charge in [0, 0.05) is 8.81 Å². The molecular weight excluding hydrogens is 215 g/mol. The predicted molar refractivity (Wildman–Crippen MR) is 73.2 cm³/mol. The minimum atomic E-state index is 0.151. The highest BCUT2D eigenvalue weighted by Gasteiger charge is 1.93. The highest BCUT2D eigenvalue weighted by molar-refractivity contribution is 7.31. The first-order valence-corrected chi connectivity index (χ1v) is 7.50. The molecule has 0 aliphatic rings. The molecular formula is C14H23OP. The van der Waals surface area contributed by atoms with Gasteiger partial charge >= 0.3 is 0 Å². The van der Waals surface area contributed by atoms with E-state index in [0.29, 0.717) is 0 Å². The lowest BCUT2D eigenvalue weighted by Gasteiger charge is -2.02. The average Bonchev–Trinajstić information content (AvgIpc) is 2.34. The third-order valence-corrected chi connectivity index (χ3v) is 3.42. The van der Waals surface area contributed by atoms with Gasteiger partial charge in [0.15, 0.2) is 0 Å². The smallest absolute Gasteiger partial charge is 0.0107 e. The first-order valence-electron chi connectivity index (χ1n) is 6.34. The summed E-state index contributed by atoms with van der Waals surface area (Å²) in [6.45, 7) is 0. The molecule has 0 bridgehead atoms. The van der Waals surface area contributed by atoms with E-state index < -0.39 is 0 Å². The zero-order chi connectivity index (χ0) is 11.5. The summed E-state index contributed by atoms with van der Waals surface area (Å²) in [4.78, 5) is 8.66. The van der Waals surface area contributed by atoms with Crippen molar-refractivity contribution in [3.8, 4) is 0 Å². The Morgan fingerprint density at radius 1 is 0.812 bits per heavy atom. The van der Waals surface area contributed by atoms with Gasteiger partial charge in [-0.25, -0.2) is 0 Å². The number of hydrogen-bond donors (Lipinski definition) is 1. The normalized spacial score (nSPS) is 11.3. The SMILES string of the molecule is OPCCCCCCCCc1ccccc1. The second-order valence-electron chi connectivity index (χ2n) is 4.27. The van der Waals surface area contributed by atoms with Crippen LogP contribution < -0.4 is 0 Å². The van der Waals surface area contributed by atoms with Crippen molar-refractivity contribution in [2.24, 2.45) is 0 Å². The first kappa shape index (κ1) is 13.7. The standard InChI is InChI=1S/C14H23OP/c15-16-13-9-4-2-1-3-6-10-14-11-7-5-8-12-14/h5,7-8,11-12,15-16H,1-4,6,9-10,13H2. The number of rotatable bonds is 9. The number of aryl methyl sites for hydroxylation is 1. The molecule has 0 amide bonds. The van der Waals surface area contributed by atoms with Crippen LogP contribution in [-0.2, 0) is 6.42 Å². The van der Waals surface area contributed by atoms with Crippen molar-refractivity contribution in [3.05, 3.63) is 35.9 Å². The largest absolute Gasteiger partial charge is 0.377 e. The highest BCUT2D eigenvalue weighted by Crippen LogP contribution is 2.12. The van der Waals surface area contributed by atoms with E-state index in [-0.39, 0.29) is 8.81 Å². The van der Waals surface area contributed by atoms with Crippen LogP contribution in [0.3, 0.4) is 0 Å². The molecule has 0 saturated carbocycles. The maximum Gasteiger partial charge on any atom is 0.0107 e. The van der Waals surface area contributed by atoms with Crippen LogP contribution in [0.25, 0.3) is 0 Å². The maximum atomic E-state index is 8.66. The molecule has 2 heteroatoms. The predicted octanol–water partition coefficient (Wildman–Crippen LogP) is 4.16. The van der Waals surface area contributed by atoms with Crippen LogP contribution in [0.4, 0.5) is 0 Å². The topological polar surface area (TPSA) is 20.2 Å². The molecule has 16 heavy (non-hydrogen) atoms. The molecule has 0 saturated heterocycles. The minimum absolute atomic E-state index is 0.151. The minimum Gasteiger partial charge on any atom is -0.377 e. The summed E-state index contributed by atoms with van der Waals surface area (Å²) in [7, 11) is 0.151. The Morgan fingerprint density at radius 3 is 2.12 bits per heavy atom. The Hall–Kier alpha value is -0.390. The fraction of sp³-hybridized carbons (Fsp3) is 0.571. The van der Waals surface area contributed by atoms with E-state index in [4.69, 9.17) is 4.89 Å². The van der Waals surface area contributed by atoms with Crippen LogP contribution in [0.2, 0.25) is 0 Å².